The third-order valence-corrected chi connectivity index (χ3v) is 13.6. The molecule has 47 heavy (non-hydrogen) atoms. The van der Waals surface area contributed by atoms with Crippen molar-refractivity contribution in [3.63, 3.8) is 0 Å². The Bertz CT molecular complexity index is 1740. The van der Waals surface area contributed by atoms with Gasteiger partial charge in [-0.25, -0.2) is 19.2 Å². The summed E-state index contributed by atoms with van der Waals surface area (Å²) in [6.45, 7) is 17.5. The minimum absolute atomic E-state index is 0.0680. The predicted octanol–water partition coefficient (Wildman–Crippen LogP) is 7.16. The number of likely N-dealkylation sites (N-methyl/N-ethyl adjacent to an activating group) is 1. The lowest BCUT2D eigenvalue weighted by molar-refractivity contribution is 0.0794. The van der Waals surface area contributed by atoms with Crippen molar-refractivity contribution < 1.29 is 28.0 Å². The Balaban J connectivity index is 1.51. The van der Waals surface area contributed by atoms with Crippen LogP contribution in [0.15, 0.2) is 41.1 Å². The first-order valence-electron chi connectivity index (χ1n) is 15.6. The van der Waals surface area contributed by atoms with E-state index in [1.165, 1.54) is 24.1 Å². The lowest BCUT2D eigenvalue weighted by Crippen LogP contribution is -2.49. The summed E-state index contributed by atoms with van der Waals surface area (Å²) in [5, 5.41) is 13.6. The van der Waals surface area contributed by atoms with Crippen molar-refractivity contribution in [1.82, 2.24) is 25.0 Å². The molecule has 1 N–H and O–H groups in total. The van der Waals surface area contributed by atoms with Crippen LogP contribution >= 0.6 is 0 Å². The van der Waals surface area contributed by atoms with Gasteiger partial charge in [0.2, 0.25) is 0 Å². The van der Waals surface area contributed by atoms with E-state index in [0.717, 1.165) is 22.4 Å². The van der Waals surface area contributed by atoms with Crippen LogP contribution in [0.25, 0.3) is 22.6 Å². The number of rotatable bonds is 10. The molecule has 0 unspecified atom stereocenters. The molecular weight excluding hydrogens is 619 g/mol. The number of carbonyl (C=O) groups is 1. The topological polar surface area (TPSA) is 127 Å². The molecule has 0 aliphatic carbocycles. The zero-order valence-corrected chi connectivity index (χ0v) is 29.5. The summed E-state index contributed by atoms with van der Waals surface area (Å²) < 4.78 is 33.9. The van der Waals surface area contributed by atoms with Crippen LogP contribution in [0.2, 0.25) is 18.1 Å². The first-order chi connectivity index (χ1) is 22.1. The quantitative estimate of drug-likeness (QED) is 0.175. The molecule has 3 aromatic heterocycles. The number of hydrogen-bond acceptors (Lipinski definition) is 9. The van der Waals surface area contributed by atoms with Gasteiger partial charge in [0.1, 0.15) is 29.8 Å². The van der Waals surface area contributed by atoms with Crippen molar-refractivity contribution in [1.29, 1.82) is 0 Å². The molecule has 0 saturated carbocycles. The minimum atomic E-state index is -2.27. The highest BCUT2D eigenvalue weighted by Gasteiger charge is 2.40. The number of amides is 1. The smallest absolute Gasteiger partial charge is 0.407 e. The van der Waals surface area contributed by atoms with Crippen molar-refractivity contribution in [2.45, 2.75) is 78.9 Å². The molecule has 1 aliphatic rings. The normalized spacial score (nSPS) is 13.9. The van der Waals surface area contributed by atoms with Crippen LogP contribution in [-0.2, 0) is 17.5 Å². The number of carboxylic acid groups (broad SMARTS) is 1. The molecular formula is C34H43FN6O5Si. The number of ether oxygens (including phenoxy) is 1. The first-order valence-corrected chi connectivity index (χ1v) is 18.5. The summed E-state index contributed by atoms with van der Waals surface area (Å²) in [6.07, 6.45) is 0.179. The van der Waals surface area contributed by atoms with Gasteiger partial charge in [0, 0.05) is 25.4 Å². The van der Waals surface area contributed by atoms with Gasteiger partial charge in [-0.1, -0.05) is 32.0 Å². The molecule has 4 aromatic rings. The minimum Gasteiger partial charge on any atom is -0.491 e. The number of hydrogen-bond donors (Lipinski definition) is 1. The van der Waals surface area contributed by atoms with Crippen LogP contribution in [0.4, 0.5) is 15.0 Å². The molecule has 0 bridgehead atoms. The Morgan fingerprint density at radius 1 is 1.17 bits per heavy atom. The number of fused-ring (bicyclic) bond motifs is 1. The van der Waals surface area contributed by atoms with Crippen LogP contribution in [0.3, 0.4) is 0 Å². The van der Waals surface area contributed by atoms with Crippen molar-refractivity contribution in [3.8, 4) is 28.4 Å². The van der Waals surface area contributed by atoms with Gasteiger partial charge in [0.15, 0.2) is 14.1 Å². The fraction of sp³-hybridized carbons (Fsp3) is 0.441. The van der Waals surface area contributed by atoms with Gasteiger partial charge in [-0.3, -0.25) is 4.98 Å². The number of aromatic nitrogens is 4. The standard InChI is InChI=1S/C34H43FN6O5Si/c1-20-30(29-21(2)39-45-22(29)3)37-31(38-32(20)41-16-23-11-10-14-36-28(23)18-41)26-15-24(12-13-27(26)35)44-19-25(17-40(7)33(42)43)46-47(8,9)34(4,5)6/h10-15,25H,16-19H2,1-9H3,(H,42,43)/t25-/m1/s1. The second kappa shape index (κ2) is 13.0. The van der Waals surface area contributed by atoms with E-state index >= 15 is 4.39 Å². The van der Waals surface area contributed by atoms with Crippen LogP contribution in [-0.4, -0.2) is 70.8 Å². The second-order valence-electron chi connectivity index (χ2n) is 13.6. The summed E-state index contributed by atoms with van der Waals surface area (Å²) in [5.74, 6) is 1.32. The average molecular weight is 663 g/mol. The number of aryl methyl sites for hydroxylation is 2. The van der Waals surface area contributed by atoms with E-state index in [4.69, 9.17) is 23.7 Å². The third-order valence-electron chi connectivity index (χ3n) is 9.06. The molecule has 1 aromatic carbocycles. The number of benzene rings is 1. The highest BCUT2D eigenvalue weighted by molar-refractivity contribution is 6.74. The zero-order valence-electron chi connectivity index (χ0n) is 28.5. The monoisotopic (exact) mass is 662 g/mol. The summed E-state index contributed by atoms with van der Waals surface area (Å²) in [6, 6.07) is 8.40. The molecule has 1 atom stereocenters. The van der Waals surface area contributed by atoms with Crippen molar-refractivity contribution in [2.75, 3.05) is 25.1 Å². The number of nitrogens with zero attached hydrogens (tertiary/aromatic N) is 6. The fourth-order valence-electron chi connectivity index (χ4n) is 5.40. The maximum absolute atomic E-state index is 15.6. The van der Waals surface area contributed by atoms with Crippen molar-refractivity contribution >= 4 is 20.2 Å². The molecule has 0 saturated heterocycles. The lowest BCUT2D eigenvalue weighted by atomic mass is 10.0. The number of pyridine rings is 1. The molecule has 5 rings (SSSR count). The Morgan fingerprint density at radius 3 is 2.55 bits per heavy atom. The molecule has 0 spiro atoms. The van der Waals surface area contributed by atoms with Gasteiger partial charge < -0.3 is 28.6 Å². The third kappa shape index (κ3) is 7.15. The Hall–Kier alpha value is -4.36. The molecule has 0 radical (unpaired) electrons. The van der Waals surface area contributed by atoms with Crippen LogP contribution in [0.1, 0.15) is 49.0 Å². The fourth-order valence-corrected chi connectivity index (χ4v) is 6.73. The molecule has 1 aliphatic heterocycles. The van der Waals surface area contributed by atoms with E-state index in [2.05, 4.69) is 48.9 Å². The predicted molar refractivity (Wildman–Crippen MR) is 179 cm³/mol. The lowest BCUT2D eigenvalue weighted by Gasteiger charge is -2.39. The van der Waals surface area contributed by atoms with Gasteiger partial charge in [-0.15, -0.1) is 0 Å². The average Bonchev–Trinajstić information content (AvgIpc) is 3.58. The summed E-state index contributed by atoms with van der Waals surface area (Å²) in [5.41, 5.74) is 5.07. The maximum atomic E-state index is 15.6. The molecule has 13 heteroatoms. The Kier molecular flexibility index (Phi) is 9.42. The first kappa shape index (κ1) is 34.0. The van der Waals surface area contributed by atoms with E-state index in [9.17, 15) is 9.90 Å². The van der Waals surface area contributed by atoms with Crippen molar-refractivity contribution in [3.05, 3.63) is 70.6 Å². The molecule has 0 fully saturated rings. The summed E-state index contributed by atoms with van der Waals surface area (Å²) in [7, 11) is -0.774. The van der Waals surface area contributed by atoms with E-state index < -0.39 is 26.3 Å². The summed E-state index contributed by atoms with van der Waals surface area (Å²) in [4.78, 5) is 29.3. The van der Waals surface area contributed by atoms with E-state index in [0.29, 0.717) is 41.8 Å². The largest absolute Gasteiger partial charge is 0.491 e. The molecule has 11 nitrogen and oxygen atoms in total. The molecule has 4 heterocycles. The zero-order chi connectivity index (χ0) is 34.3. The second-order valence-corrected chi connectivity index (χ2v) is 18.4. The molecule has 250 valence electrons. The Labute approximate surface area is 275 Å². The molecule has 1 amide bonds. The maximum Gasteiger partial charge on any atom is 0.407 e. The van der Waals surface area contributed by atoms with Gasteiger partial charge in [-0.05, 0) is 68.7 Å². The number of halogens is 1. The van der Waals surface area contributed by atoms with E-state index in [-0.39, 0.29) is 29.6 Å². The van der Waals surface area contributed by atoms with Crippen LogP contribution in [0, 0.1) is 26.6 Å². The van der Waals surface area contributed by atoms with Crippen molar-refractivity contribution in [2.24, 2.45) is 0 Å². The van der Waals surface area contributed by atoms with Gasteiger partial charge in [-0.2, -0.15) is 0 Å². The van der Waals surface area contributed by atoms with Crippen LogP contribution < -0.4 is 9.64 Å². The summed E-state index contributed by atoms with van der Waals surface area (Å²) >= 11 is 0. The SMILES string of the molecule is Cc1noc(C)c1-c1nc(-c2cc(OC[C@@H](CN(C)C(=O)O)O[Si](C)(C)C(C)(C)C)ccc2F)nc(N2Cc3cccnc3C2)c1C. The Morgan fingerprint density at radius 2 is 1.91 bits per heavy atom. The van der Waals surface area contributed by atoms with Gasteiger partial charge in [0.25, 0.3) is 0 Å². The van der Waals surface area contributed by atoms with E-state index in [1.807, 2.05) is 32.9 Å². The van der Waals surface area contributed by atoms with Gasteiger partial charge in [0.05, 0.1) is 47.4 Å². The van der Waals surface area contributed by atoms with E-state index in [1.54, 1.807) is 12.3 Å². The van der Waals surface area contributed by atoms with Gasteiger partial charge >= 0.3 is 6.09 Å². The van der Waals surface area contributed by atoms with Crippen LogP contribution in [0.5, 0.6) is 5.75 Å². The number of anilines is 1. The highest BCUT2D eigenvalue weighted by Crippen LogP contribution is 2.39. The highest BCUT2D eigenvalue weighted by atomic mass is 28.4.